The van der Waals surface area contributed by atoms with E-state index < -0.39 is 0 Å². The first-order chi connectivity index (χ1) is 11.5. The maximum Gasteiger partial charge on any atom is 0.0908 e. The molecular formula is C20H27N3O. The van der Waals surface area contributed by atoms with Crippen molar-refractivity contribution in [3.8, 4) is 0 Å². The molecule has 4 fully saturated rings. The third kappa shape index (κ3) is 1.74. The van der Waals surface area contributed by atoms with Crippen molar-refractivity contribution in [2.45, 2.75) is 39.6 Å². The van der Waals surface area contributed by atoms with E-state index in [0.717, 1.165) is 32.7 Å². The molecule has 1 N–H and O–H groups in total. The van der Waals surface area contributed by atoms with E-state index in [9.17, 15) is 5.11 Å². The maximum atomic E-state index is 10.9. The number of aliphatic hydroxyl groups is 1. The lowest BCUT2D eigenvalue weighted by molar-refractivity contribution is -0.253. The van der Waals surface area contributed by atoms with Crippen LogP contribution in [0.2, 0.25) is 0 Å². The van der Waals surface area contributed by atoms with E-state index in [1.807, 2.05) is 0 Å². The first-order valence-electron chi connectivity index (χ1n) is 9.19. The molecule has 0 spiro atoms. The summed E-state index contributed by atoms with van der Waals surface area (Å²) in [6, 6.07) is 8.78. The summed E-state index contributed by atoms with van der Waals surface area (Å²) in [5.74, 6) is 0. The Balaban J connectivity index is 1.63. The van der Waals surface area contributed by atoms with Crippen LogP contribution in [0.3, 0.4) is 0 Å². The van der Waals surface area contributed by atoms with Crippen LogP contribution in [0.15, 0.2) is 30.5 Å². The number of hydrogen-bond donors (Lipinski definition) is 1. The Labute approximate surface area is 143 Å². The number of aliphatic hydroxyl groups excluding tert-OH is 1. The SMILES string of the molecule is CCn1cc(C2N3CC4(C)CN2CC(C)(C3)C4O)c2ccccc21. The standard InChI is InChI=1S/C20H27N3O/c1-4-21-9-15(14-7-5-6-8-16(14)21)17-22-10-19(2)11-23(17)13-20(3,12-22)18(19)24/h5-9,17-18,24H,4,10-13H2,1-3H3. The fourth-order valence-corrected chi connectivity index (χ4v) is 5.97. The molecule has 0 amide bonds. The number of para-hydroxylation sites is 1. The fraction of sp³-hybridized carbons (Fsp3) is 0.600. The molecule has 4 nitrogen and oxygen atoms in total. The monoisotopic (exact) mass is 325 g/mol. The molecule has 128 valence electrons. The topological polar surface area (TPSA) is 31.6 Å². The van der Waals surface area contributed by atoms with Crippen LogP contribution in [-0.2, 0) is 6.54 Å². The van der Waals surface area contributed by atoms with Crippen molar-refractivity contribution < 1.29 is 5.11 Å². The van der Waals surface area contributed by atoms with Crippen molar-refractivity contribution in [1.29, 1.82) is 0 Å². The van der Waals surface area contributed by atoms with Crippen LogP contribution in [-0.4, -0.2) is 51.8 Å². The largest absolute Gasteiger partial charge is 0.392 e. The summed E-state index contributed by atoms with van der Waals surface area (Å²) in [5.41, 5.74) is 2.78. The van der Waals surface area contributed by atoms with Crippen molar-refractivity contribution in [3.05, 3.63) is 36.0 Å². The smallest absolute Gasteiger partial charge is 0.0908 e. The molecule has 1 aromatic carbocycles. The molecule has 5 heterocycles. The summed E-state index contributed by atoms with van der Waals surface area (Å²) in [5, 5.41) is 12.2. The Morgan fingerprint density at radius 2 is 1.62 bits per heavy atom. The van der Waals surface area contributed by atoms with Crippen LogP contribution in [0.5, 0.6) is 0 Å². The average molecular weight is 325 g/mol. The number of fused-ring (bicyclic) bond motifs is 1. The molecule has 0 saturated carbocycles. The van der Waals surface area contributed by atoms with Gasteiger partial charge in [-0.15, -0.1) is 0 Å². The molecule has 24 heavy (non-hydrogen) atoms. The second-order valence-electron chi connectivity index (χ2n) is 8.78. The number of hydrogen-bond acceptors (Lipinski definition) is 3. The van der Waals surface area contributed by atoms with Gasteiger partial charge in [-0.25, -0.2) is 0 Å². The van der Waals surface area contributed by atoms with E-state index in [1.54, 1.807) is 0 Å². The van der Waals surface area contributed by atoms with Crippen molar-refractivity contribution in [2.24, 2.45) is 10.8 Å². The second kappa shape index (κ2) is 4.63. The number of aryl methyl sites for hydroxylation is 1. The van der Waals surface area contributed by atoms with Gasteiger partial charge in [0.1, 0.15) is 0 Å². The highest BCUT2D eigenvalue weighted by atomic mass is 16.3. The van der Waals surface area contributed by atoms with Crippen LogP contribution >= 0.6 is 0 Å². The highest BCUT2D eigenvalue weighted by Crippen LogP contribution is 2.54. The first-order valence-corrected chi connectivity index (χ1v) is 9.19. The summed E-state index contributed by atoms with van der Waals surface area (Å²) >= 11 is 0. The van der Waals surface area contributed by atoms with E-state index in [0.29, 0.717) is 6.17 Å². The van der Waals surface area contributed by atoms with E-state index in [2.05, 4.69) is 65.6 Å². The lowest BCUT2D eigenvalue weighted by atomic mass is 9.60. The molecule has 4 aliphatic heterocycles. The van der Waals surface area contributed by atoms with Crippen LogP contribution in [0, 0.1) is 10.8 Å². The average Bonchev–Trinajstić information content (AvgIpc) is 2.90. The zero-order valence-electron chi connectivity index (χ0n) is 14.9. The van der Waals surface area contributed by atoms with Gasteiger partial charge in [-0.2, -0.15) is 0 Å². The fourth-order valence-electron chi connectivity index (χ4n) is 5.97. The van der Waals surface area contributed by atoms with Gasteiger partial charge in [0.15, 0.2) is 0 Å². The van der Waals surface area contributed by atoms with Gasteiger partial charge in [0.05, 0.1) is 12.3 Å². The second-order valence-corrected chi connectivity index (χ2v) is 8.78. The highest BCUT2D eigenvalue weighted by Gasteiger charge is 2.62. The highest BCUT2D eigenvalue weighted by molar-refractivity contribution is 5.84. The molecular weight excluding hydrogens is 298 g/mol. The Hall–Kier alpha value is -1.36. The van der Waals surface area contributed by atoms with Gasteiger partial charge in [-0.1, -0.05) is 32.0 Å². The summed E-state index contributed by atoms with van der Waals surface area (Å²) in [6.45, 7) is 11.7. The molecule has 0 atom stereocenters. The quantitative estimate of drug-likeness (QED) is 0.921. The maximum absolute atomic E-state index is 10.9. The summed E-state index contributed by atoms with van der Waals surface area (Å²) in [7, 11) is 0. The summed E-state index contributed by atoms with van der Waals surface area (Å²) in [6.07, 6.45) is 2.53. The van der Waals surface area contributed by atoms with E-state index in [1.165, 1.54) is 16.5 Å². The molecule has 4 saturated heterocycles. The van der Waals surface area contributed by atoms with Gasteiger partial charge >= 0.3 is 0 Å². The van der Waals surface area contributed by atoms with E-state index in [4.69, 9.17) is 0 Å². The lowest BCUT2D eigenvalue weighted by Crippen LogP contribution is -2.76. The van der Waals surface area contributed by atoms with Crippen LogP contribution in [0.4, 0.5) is 0 Å². The molecule has 6 rings (SSSR count). The Bertz CT molecular complexity index is 772. The van der Waals surface area contributed by atoms with Gasteiger partial charge < -0.3 is 9.67 Å². The Morgan fingerprint density at radius 3 is 2.21 bits per heavy atom. The first kappa shape index (κ1) is 14.9. The number of benzene rings is 1. The minimum Gasteiger partial charge on any atom is -0.392 e. The van der Waals surface area contributed by atoms with Crippen LogP contribution in [0.25, 0.3) is 10.9 Å². The van der Waals surface area contributed by atoms with Gasteiger partial charge in [-0.3, -0.25) is 9.80 Å². The van der Waals surface area contributed by atoms with Crippen LogP contribution < -0.4 is 0 Å². The molecule has 0 aliphatic carbocycles. The minimum absolute atomic E-state index is 0.00484. The van der Waals surface area contributed by atoms with E-state index in [-0.39, 0.29) is 16.9 Å². The third-order valence-corrected chi connectivity index (χ3v) is 6.71. The van der Waals surface area contributed by atoms with Crippen molar-refractivity contribution in [3.63, 3.8) is 0 Å². The zero-order valence-corrected chi connectivity index (χ0v) is 14.9. The molecule has 4 heteroatoms. The Morgan fingerprint density at radius 1 is 1.04 bits per heavy atom. The predicted octanol–water partition coefficient (Wildman–Crippen LogP) is 2.68. The van der Waals surface area contributed by atoms with Crippen molar-refractivity contribution >= 4 is 10.9 Å². The van der Waals surface area contributed by atoms with Crippen LogP contribution in [0.1, 0.15) is 32.5 Å². The minimum atomic E-state index is -0.185. The molecule has 2 aromatic rings. The number of rotatable bonds is 2. The third-order valence-electron chi connectivity index (χ3n) is 6.71. The number of aromatic nitrogens is 1. The van der Waals surface area contributed by atoms with Crippen molar-refractivity contribution in [1.82, 2.24) is 14.4 Å². The van der Waals surface area contributed by atoms with Gasteiger partial charge in [0.2, 0.25) is 0 Å². The molecule has 4 aliphatic rings. The van der Waals surface area contributed by atoms with Gasteiger partial charge in [0.25, 0.3) is 0 Å². The summed E-state index contributed by atoms with van der Waals surface area (Å²) < 4.78 is 2.37. The molecule has 0 radical (unpaired) electrons. The normalized spacial score (nSPS) is 43.7. The summed E-state index contributed by atoms with van der Waals surface area (Å²) in [4.78, 5) is 5.23. The molecule has 0 unspecified atom stereocenters. The number of piperidine rings is 2. The lowest BCUT2D eigenvalue weighted by Gasteiger charge is -2.68. The predicted molar refractivity (Wildman–Crippen MR) is 95.7 cm³/mol. The molecule has 1 aromatic heterocycles. The van der Waals surface area contributed by atoms with Gasteiger partial charge in [-0.05, 0) is 13.0 Å². The number of nitrogens with zero attached hydrogens (tertiary/aromatic N) is 3. The van der Waals surface area contributed by atoms with E-state index >= 15 is 0 Å². The Kier molecular flexibility index (Phi) is 2.88. The molecule has 4 bridgehead atoms. The van der Waals surface area contributed by atoms with Gasteiger partial charge in [0, 0.05) is 66.2 Å². The van der Waals surface area contributed by atoms with Crippen molar-refractivity contribution in [2.75, 3.05) is 26.2 Å². The zero-order chi connectivity index (χ0) is 16.7.